The molecule has 2 aromatic rings. The number of amides is 1. The van der Waals surface area contributed by atoms with E-state index >= 15 is 0 Å². The second kappa shape index (κ2) is 8.08. The van der Waals surface area contributed by atoms with Crippen molar-refractivity contribution in [1.29, 1.82) is 0 Å². The highest BCUT2D eigenvalue weighted by Gasteiger charge is 2.25. The van der Waals surface area contributed by atoms with Crippen molar-refractivity contribution in [2.24, 2.45) is 0 Å². The Labute approximate surface area is 153 Å². The van der Waals surface area contributed by atoms with Crippen molar-refractivity contribution in [2.45, 2.75) is 20.0 Å². The minimum Gasteiger partial charge on any atom is -0.335 e. The fraction of sp³-hybridized carbons (Fsp3) is 0.474. The maximum Gasteiger partial charge on any atom is 0.265 e. The normalized spacial score (nSPS) is 15.8. The molecule has 25 heavy (non-hydrogen) atoms. The molecule has 134 valence electrons. The number of thiazole rings is 1. The van der Waals surface area contributed by atoms with E-state index in [0.717, 1.165) is 54.8 Å². The van der Waals surface area contributed by atoms with Gasteiger partial charge in [0.1, 0.15) is 9.88 Å². The van der Waals surface area contributed by atoms with Crippen molar-refractivity contribution in [2.75, 3.05) is 40.3 Å². The summed E-state index contributed by atoms with van der Waals surface area (Å²) in [6, 6.07) is 10.5. The zero-order chi connectivity index (χ0) is 17.8. The summed E-state index contributed by atoms with van der Waals surface area (Å²) in [7, 11) is 4.04. The lowest BCUT2D eigenvalue weighted by Gasteiger charge is -2.34. The third-order valence-electron chi connectivity index (χ3n) is 4.40. The van der Waals surface area contributed by atoms with Crippen LogP contribution in [0.25, 0.3) is 0 Å². The second-order valence-corrected chi connectivity index (χ2v) is 7.90. The molecule has 0 spiro atoms. The van der Waals surface area contributed by atoms with Crippen LogP contribution in [-0.2, 0) is 13.1 Å². The zero-order valence-corrected chi connectivity index (χ0v) is 16.1. The fourth-order valence-electron chi connectivity index (χ4n) is 3.08. The van der Waals surface area contributed by atoms with E-state index in [2.05, 4.69) is 39.0 Å². The number of carbonyl (C=O) groups excluding carboxylic acids is 1. The predicted octanol–water partition coefficient (Wildman–Crippen LogP) is 2.47. The standard InChI is InChI=1S/C19H26N4OS/c1-15-18(25-17(20-15)14-21(2)3)19(24)23-11-9-22(10-12-23)13-16-7-5-4-6-8-16/h4-8H,9-14H2,1-3H3. The van der Waals surface area contributed by atoms with E-state index in [1.165, 1.54) is 16.9 Å². The van der Waals surface area contributed by atoms with Crippen LogP contribution >= 0.6 is 11.3 Å². The van der Waals surface area contributed by atoms with Crippen LogP contribution in [0.1, 0.15) is 25.9 Å². The molecule has 2 heterocycles. The molecule has 1 aliphatic heterocycles. The molecule has 5 nitrogen and oxygen atoms in total. The molecule has 1 amide bonds. The van der Waals surface area contributed by atoms with Gasteiger partial charge >= 0.3 is 0 Å². The van der Waals surface area contributed by atoms with Crippen LogP contribution in [0.5, 0.6) is 0 Å². The quantitative estimate of drug-likeness (QED) is 0.823. The Hall–Kier alpha value is -1.76. The molecule has 0 unspecified atom stereocenters. The number of carbonyl (C=O) groups is 1. The van der Waals surface area contributed by atoms with Crippen LogP contribution in [0.3, 0.4) is 0 Å². The summed E-state index contributed by atoms with van der Waals surface area (Å²) in [6.07, 6.45) is 0. The summed E-state index contributed by atoms with van der Waals surface area (Å²) in [4.78, 5) is 24.7. The minimum atomic E-state index is 0.138. The minimum absolute atomic E-state index is 0.138. The lowest BCUT2D eigenvalue weighted by molar-refractivity contribution is 0.0632. The SMILES string of the molecule is Cc1nc(CN(C)C)sc1C(=O)N1CCN(Cc2ccccc2)CC1. The highest BCUT2D eigenvalue weighted by molar-refractivity contribution is 7.13. The van der Waals surface area contributed by atoms with Gasteiger partial charge in [-0.1, -0.05) is 30.3 Å². The molecule has 1 saturated heterocycles. The highest BCUT2D eigenvalue weighted by atomic mass is 32.1. The van der Waals surface area contributed by atoms with Gasteiger partial charge in [-0.3, -0.25) is 9.69 Å². The van der Waals surface area contributed by atoms with Crippen molar-refractivity contribution >= 4 is 17.2 Å². The maximum absolute atomic E-state index is 12.8. The van der Waals surface area contributed by atoms with Crippen molar-refractivity contribution in [1.82, 2.24) is 19.7 Å². The van der Waals surface area contributed by atoms with Gasteiger partial charge in [0.25, 0.3) is 5.91 Å². The topological polar surface area (TPSA) is 39.7 Å². The Morgan fingerprint density at radius 1 is 1.16 bits per heavy atom. The number of piperazine rings is 1. The van der Waals surface area contributed by atoms with Gasteiger partial charge in [0.2, 0.25) is 0 Å². The van der Waals surface area contributed by atoms with Crippen molar-refractivity contribution < 1.29 is 4.79 Å². The summed E-state index contributed by atoms with van der Waals surface area (Å²) in [5.74, 6) is 0.138. The number of rotatable bonds is 5. The van der Waals surface area contributed by atoms with Gasteiger partial charge in [-0.15, -0.1) is 11.3 Å². The monoisotopic (exact) mass is 358 g/mol. The summed E-state index contributed by atoms with van der Waals surface area (Å²) in [5.41, 5.74) is 2.19. The molecule has 0 radical (unpaired) electrons. The Balaban J connectivity index is 1.57. The molecule has 1 aliphatic rings. The van der Waals surface area contributed by atoms with Gasteiger partial charge in [0.05, 0.1) is 5.69 Å². The first-order valence-electron chi connectivity index (χ1n) is 8.69. The van der Waals surface area contributed by atoms with E-state index in [-0.39, 0.29) is 5.91 Å². The van der Waals surface area contributed by atoms with Gasteiger partial charge in [-0.2, -0.15) is 0 Å². The highest BCUT2D eigenvalue weighted by Crippen LogP contribution is 2.22. The van der Waals surface area contributed by atoms with E-state index in [4.69, 9.17) is 0 Å². The molecule has 0 aliphatic carbocycles. The number of aromatic nitrogens is 1. The van der Waals surface area contributed by atoms with Gasteiger partial charge in [-0.05, 0) is 26.6 Å². The van der Waals surface area contributed by atoms with Gasteiger partial charge in [0, 0.05) is 39.3 Å². The third-order valence-corrected chi connectivity index (χ3v) is 5.53. The second-order valence-electron chi connectivity index (χ2n) is 6.81. The van der Waals surface area contributed by atoms with E-state index in [9.17, 15) is 4.79 Å². The van der Waals surface area contributed by atoms with Crippen LogP contribution in [0.2, 0.25) is 0 Å². The van der Waals surface area contributed by atoms with Crippen molar-refractivity contribution in [3.8, 4) is 0 Å². The van der Waals surface area contributed by atoms with Crippen LogP contribution in [0.4, 0.5) is 0 Å². The first kappa shape index (κ1) is 18.0. The first-order valence-corrected chi connectivity index (χ1v) is 9.51. The lowest BCUT2D eigenvalue weighted by atomic mass is 10.2. The molecular formula is C19H26N4OS. The maximum atomic E-state index is 12.8. The Kier molecular flexibility index (Phi) is 5.83. The molecule has 3 rings (SSSR count). The molecule has 0 N–H and O–H groups in total. The lowest BCUT2D eigenvalue weighted by Crippen LogP contribution is -2.48. The number of hydrogen-bond acceptors (Lipinski definition) is 5. The predicted molar refractivity (Wildman–Crippen MR) is 102 cm³/mol. The fourth-order valence-corrected chi connectivity index (χ4v) is 4.23. The Bertz CT molecular complexity index is 705. The van der Waals surface area contributed by atoms with Crippen molar-refractivity contribution in [3.63, 3.8) is 0 Å². The van der Waals surface area contributed by atoms with E-state index < -0.39 is 0 Å². The number of aryl methyl sites for hydroxylation is 1. The molecule has 0 bridgehead atoms. The molecule has 1 fully saturated rings. The van der Waals surface area contributed by atoms with E-state index in [1.807, 2.05) is 32.0 Å². The van der Waals surface area contributed by atoms with E-state index in [1.54, 1.807) is 0 Å². The largest absolute Gasteiger partial charge is 0.335 e. The summed E-state index contributed by atoms with van der Waals surface area (Å²) in [5, 5.41) is 1.01. The van der Waals surface area contributed by atoms with Crippen LogP contribution < -0.4 is 0 Å². The summed E-state index contributed by atoms with van der Waals surface area (Å²) in [6.45, 7) is 7.08. The van der Waals surface area contributed by atoms with Crippen LogP contribution in [-0.4, -0.2) is 65.9 Å². The molecule has 6 heteroatoms. The molecular weight excluding hydrogens is 332 g/mol. The molecule has 1 aromatic heterocycles. The number of nitrogens with zero attached hydrogens (tertiary/aromatic N) is 4. The first-order chi connectivity index (χ1) is 12.0. The third kappa shape index (κ3) is 4.66. The number of hydrogen-bond donors (Lipinski definition) is 0. The zero-order valence-electron chi connectivity index (χ0n) is 15.2. The van der Waals surface area contributed by atoms with Gasteiger partial charge < -0.3 is 9.80 Å². The molecule has 0 atom stereocenters. The van der Waals surface area contributed by atoms with Gasteiger partial charge in [0.15, 0.2) is 0 Å². The molecule has 0 saturated carbocycles. The van der Waals surface area contributed by atoms with Crippen molar-refractivity contribution in [3.05, 3.63) is 51.5 Å². The summed E-state index contributed by atoms with van der Waals surface area (Å²) >= 11 is 1.54. The Morgan fingerprint density at radius 3 is 2.48 bits per heavy atom. The van der Waals surface area contributed by atoms with Gasteiger partial charge in [-0.25, -0.2) is 4.98 Å². The Morgan fingerprint density at radius 2 is 1.84 bits per heavy atom. The average Bonchev–Trinajstić information content (AvgIpc) is 2.95. The average molecular weight is 359 g/mol. The number of benzene rings is 1. The smallest absolute Gasteiger partial charge is 0.265 e. The van der Waals surface area contributed by atoms with Crippen LogP contribution in [0, 0.1) is 6.92 Å². The van der Waals surface area contributed by atoms with E-state index in [0.29, 0.717) is 0 Å². The molecule has 1 aromatic carbocycles. The summed E-state index contributed by atoms with van der Waals surface area (Å²) < 4.78 is 0. The van der Waals surface area contributed by atoms with Crippen LogP contribution in [0.15, 0.2) is 30.3 Å².